The van der Waals surface area contributed by atoms with E-state index in [1.54, 1.807) is 0 Å². The van der Waals surface area contributed by atoms with E-state index < -0.39 is 0 Å². The van der Waals surface area contributed by atoms with Crippen molar-refractivity contribution in [2.75, 3.05) is 0 Å². The molecule has 3 rings (SSSR count). The van der Waals surface area contributed by atoms with Gasteiger partial charge in [0.1, 0.15) is 5.82 Å². The number of aryl methyl sites for hydroxylation is 3. The molecule has 2 nitrogen and oxygen atoms in total. The van der Waals surface area contributed by atoms with Crippen LogP contribution in [0.25, 0.3) is 22.4 Å². The van der Waals surface area contributed by atoms with Gasteiger partial charge in [0.15, 0.2) is 0 Å². The van der Waals surface area contributed by atoms with Crippen LogP contribution >= 0.6 is 0 Å². The van der Waals surface area contributed by atoms with Crippen LogP contribution in [-0.4, -0.2) is 9.55 Å². The SMILES string of the molecule is C=C(C)CCn1c(-c2ccc(CC)cc2)nc2ccc(C)cc21. The van der Waals surface area contributed by atoms with E-state index in [4.69, 9.17) is 4.98 Å². The molecular weight excluding hydrogens is 280 g/mol. The quantitative estimate of drug-likeness (QED) is 0.566. The lowest BCUT2D eigenvalue weighted by Crippen LogP contribution is -2.01. The van der Waals surface area contributed by atoms with Crippen LogP contribution in [0.5, 0.6) is 0 Å². The monoisotopic (exact) mass is 304 g/mol. The molecule has 1 aromatic heterocycles. The molecule has 0 aliphatic heterocycles. The first kappa shape index (κ1) is 15.5. The fraction of sp³-hybridized carbons (Fsp3) is 0.286. The summed E-state index contributed by atoms with van der Waals surface area (Å²) in [5.41, 5.74) is 7.27. The molecule has 0 atom stereocenters. The maximum Gasteiger partial charge on any atom is 0.141 e. The molecule has 0 saturated carbocycles. The highest BCUT2D eigenvalue weighted by Gasteiger charge is 2.12. The summed E-state index contributed by atoms with van der Waals surface area (Å²) < 4.78 is 2.33. The predicted octanol–water partition coefficient (Wildman–Crippen LogP) is 5.54. The second-order valence-electron chi connectivity index (χ2n) is 6.34. The first-order valence-electron chi connectivity index (χ1n) is 8.29. The first-order chi connectivity index (χ1) is 11.1. The molecule has 0 fully saturated rings. The Bertz CT molecular complexity index is 838. The van der Waals surface area contributed by atoms with Gasteiger partial charge in [0, 0.05) is 12.1 Å². The van der Waals surface area contributed by atoms with Crippen molar-refractivity contribution >= 4 is 11.0 Å². The molecule has 1 heterocycles. The van der Waals surface area contributed by atoms with E-state index in [9.17, 15) is 0 Å². The Hall–Kier alpha value is -2.35. The van der Waals surface area contributed by atoms with Gasteiger partial charge in [-0.1, -0.05) is 42.8 Å². The average molecular weight is 304 g/mol. The van der Waals surface area contributed by atoms with E-state index in [2.05, 4.69) is 74.4 Å². The Labute approximate surface area is 138 Å². The molecule has 0 spiro atoms. The number of hydrogen-bond donors (Lipinski definition) is 0. The van der Waals surface area contributed by atoms with Crippen LogP contribution in [0.1, 0.15) is 31.4 Å². The van der Waals surface area contributed by atoms with Crippen LogP contribution in [-0.2, 0) is 13.0 Å². The molecule has 0 unspecified atom stereocenters. The summed E-state index contributed by atoms with van der Waals surface area (Å²) in [6, 6.07) is 15.2. The second kappa shape index (κ2) is 6.41. The topological polar surface area (TPSA) is 17.8 Å². The van der Waals surface area contributed by atoms with Crippen LogP contribution in [0.4, 0.5) is 0 Å². The van der Waals surface area contributed by atoms with Crippen molar-refractivity contribution in [1.82, 2.24) is 9.55 Å². The van der Waals surface area contributed by atoms with E-state index in [1.165, 1.54) is 27.8 Å². The smallest absolute Gasteiger partial charge is 0.141 e. The molecule has 2 aromatic carbocycles. The van der Waals surface area contributed by atoms with Gasteiger partial charge in [0.2, 0.25) is 0 Å². The zero-order valence-electron chi connectivity index (χ0n) is 14.3. The molecule has 0 aliphatic rings. The van der Waals surface area contributed by atoms with Crippen molar-refractivity contribution in [2.45, 2.75) is 40.2 Å². The van der Waals surface area contributed by atoms with Crippen LogP contribution in [0.3, 0.4) is 0 Å². The minimum Gasteiger partial charge on any atom is -0.324 e. The van der Waals surface area contributed by atoms with Gasteiger partial charge in [0.25, 0.3) is 0 Å². The molecule has 0 N–H and O–H groups in total. The standard InChI is InChI=1S/C21H24N2/c1-5-17-7-9-18(10-8-17)21-22-19-11-6-16(4)14-20(19)23(21)13-12-15(2)3/h6-11,14H,2,5,12-13H2,1,3-4H3. The largest absolute Gasteiger partial charge is 0.324 e. The van der Waals surface area contributed by atoms with Crippen molar-refractivity contribution in [3.63, 3.8) is 0 Å². The summed E-state index contributed by atoms with van der Waals surface area (Å²) in [5, 5.41) is 0. The Morgan fingerprint density at radius 1 is 1.13 bits per heavy atom. The number of fused-ring (bicyclic) bond motifs is 1. The summed E-state index contributed by atoms with van der Waals surface area (Å²) in [6.45, 7) is 11.4. The number of hydrogen-bond acceptors (Lipinski definition) is 1. The Morgan fingerprint density at radius 3 is 2.52 bits per heavy atom. The maximum atomic E-state index is 4.89. The zero-order chi connectivity index (χ0) is 16.4. The summed E-state index contributed by atoms with van der Waals surface area (Å²) in [6.07, 6.45) is 2.03. The lowest BCUT2D eigenvalue weighted by molar-refractivity contribution is 0.719. The van der Waals surface area contributed by atoms with Gasteiger partial charge in [-0.05, 0) is 49.9 Å². The van der Waals surface area contributed by atoms with Crippen LogP contribution in [0.2, 0.25) is 0 Å². The van der Waals surface area contributed by atoms with E-state index >= 15 is 0 Å². The molecular formula is C21H24N2. The third-order valence-corrected chi connectivity index (χ3v) is 4.29. The number of aromatic nitrogens is 2. The Kier molecular flexibility index (Phi) is 4.33. The van der Waals surface area contributed by atoms with Gasteiger partial charge in [-0.3, -0.25) is 0 Å². The van der Waals surface area contributed by atoms with Crippen molar-refractivity contribution in [2.24, 2.45) is 0 Å². The first-order valence-corrected chi connectivity index (χ1v) is 8.29. The summed E-state index contributed by atoms with van der Waals surface area (Å²) in [4.78, 5) is 4.89. The number of allylic oxidation sites excluding steroid dienone is 1. The number of rotatable bonds is 5. The van der Waals surface area contributed by atoms with Crippen molar-refractivity contribution in [3.8, 4) is 11.4 Å². The molecule has 118 valence electrons. The van der Waals surface area contributed by atoms with Crippen LogP contribution in [0, 0.1) is 6.92 Å². The lowest BCUT2D eigenvalue weighted by atomic mass is 10.1. The van der Waals surface area contributed by atoms with Crippen molar-refractivity contribution in [1.29, 1.82) is 0 Å². The van der Waals surface area contributed by atoms with E-state index in [0.717, 1.165) is 30.7 Å². The fourth-order valence-corrected chi connectivity index (χ4v) is 2.87. The highest BCUT2D eigenvalue weighted by molar-refractivity contribution is 5.81. The molecule has 0 radical (unpaired) electrons. The minimum atomic E-state index is 0.917. The van der Waals surface area contributed by atoms with E-state index in [1.807, 2.05) is 0 Å². The van der Waals surface area contributed by atoms with Gasteiger partial charge in [-0.25, -0.2) is 4.98 Å². The third-order valence-electron chi connectivity index (χ3n) is 4.29. The van der Waals surface area contributed by atoms with Gasteiger partial charge in [0.05, 0.1) is 11.0 Å². The highest BCUT2D eigenvalue weighted by Crippen LogP contribution is 2.26. The highest BCUT2D eigenvalue weighted by atomic mass is 15.1. The van der Waals surface area contributed by atoms with Gasteiger partial charge < -0.3 is 4.57 Å². The van der Waals surface area contributed by atoms with Crippen LogP contribution < -0.4 is 0 Å². The van der Waals surface area contributed by atoms with E-state index in [0.29, 0.717) is 0 Å². The number of nitrogens with zero attached hydrogens (tertiary/aromatic N) is 2. The molecule has 3 aromatic rings. The molecule has 0 saturated heterocycles. The van der Waals surface area contributed by atoms with Gasteiger partial charge in [-0.15, -0.1) is 6.58 Å². The third kappa shape index (κ3) is 3.21. The predicted molar refractivity (Wildman–Crippen MR) is 98.7 cm³/mol. The van der Waals surface area contributed by atoms with Crippen molar-refractivity contribution in [3.05, 3.63) is 65.7 Å². The average Bonchev–Trinajstić information content (AvgIpc) is 2.90. The Balaban J connectivity index is 2.13. The number of benzene rings is 2. The molecule has 0 aliphatic carbocycles. The summed E-state index contributed by atoms with van der Waals surface area (Å²) in [5.74, 6) is 1.05. The number of imidazole rings is 1. The molecule has 0 amide bonds. The van der Waals surface area contributed by atoms with Gasteiger partial charge >= 0.3 is 0 Å². The molecule has 2 heteroatoms. The summed E-state index contributed by atoms with van der Waals surface area (Å²) in [7, 11) is 0. The summed E-state index contributed by atoms with van der Waals surface area (Å²) >= 11 is 0. The van der Waals surface area contributed by atoms with Gasteiger partial charge in [-0.2, -0.15) is 0 Å². The second-order valence-corrected chi connectivity index (χ2v) is 6.34. The molecule has 23 heavy (non-hydrogen) atoms. The zero-order valence-corrected chi connectivity index (χ0v) is 14.3. The molecule has 0 bridgehead atoms. The normalized spacial score (nSPS) is 11.1. The van der Waals surface area contributed by atoms with Crippen LogP contribution in [0.15, 0.2) is 54.6 Å². The fourth-order valence-electron chi connectivity index (χ4n) is 2.87. The van der Waals surface area contributed by atoms with Crippen molar-refractivity contribution < 1.29 is 0 Å². The Morgan fingerprint density at radius 2 is 1.87 bits per heavy atom. The maximum absolute atomic E-state index is 4.89. The van der Waals surface area contributed by atoms with E-state index in [-0.39, 0.29) is 0 Å². The lowest BCUT2D eigenvalue weighted by Gasteiger charge is -2.10. The minimum absolute atomic E-state index is 0.917.